The van der Waals surface area contributed by atoms with Crippen LogP contribution >= 0.6 is 0 Å². The van der Waals surface area contributed by atoms with Crippen molar-refractivity contribution in [1.82, 2.24) is 36.4 Å². The molecule has 17 heteroatoms. The quantitative estimate of drug-likeness (QED) is 0.158. The average Bonchev–Trinajstić information content (AvgIpc) is 3.19. The molecule has 2 bridgehead atoms. The SMILES string of the molecule is CCCC(=O)N[C@H](C(=O)N[C@@H]1C(=O)N[C@@H](CC(C)C)C(=O)N[C@H]2CC[C@@H](O)N(C2=O)[C@@H](CC(C)C)C(=O)N(C)[C@@H](Cc2ccccc2)C(=O)N[C@@H](C(C)C)C(=O)O[C@@H]1C)C(C)C. The first-order valence-corrected chi connectivity index (χ1v) is 22.1. The van der Waals surface area contributed by atoms with Crippen molar-refractivity contribution >= 4 is 47.3 Å². The number of cyclic esters (lactones) is 1. The Kier molecular flexibility index (Phi) is 19.4. The van der Waals surface area contributed by atoms with Gasteiger partial charge in [0.25, 0.3) is 0 Å². The Morgan fingerprint density at radius 2 is 1.45 bits per heavy atom. The van der Waals surface area contributed by atoms with Crippen molar-refractivity contribution < 1.29 is 48.2 Å². The van der Waals surface area contributed by atoms with Crippen molar-refractivity contribution in [3.63, 3.8) is 0 Å². The van der Waals surface area contributed by atoms with Crippen LogP contribution in [0.1, 0.15) is 113 Å². The van der Waals surface area contributed by atoms with E-state index < -0.39 is 108 Å². The number of fused-ring (bicyclic) bond motifs is 2. The lowest BCUT2D eigenvalue weighted by Gasteiger charge is -2.43. The molecular formula is C45H71N7O10. The molecule has 0 aliphatic carbocycles. The molecule has 17 nitrogen and oxygen atoms in total. The van der Waals surface area contributed by atoms with Gasteiger partial charge in [-0.15, -0.1) is 0 Å². The van der Waals surface area contributed by atoms with Gasteiger partial charge in [-0.25, -0.2) is 4.79 Å². The largest absolute Gasteiger partial charge is 0.458 e. The van der Waals surface area contributed by atoms with Gasteiger partial charge in [0, 0.05) is 19.9 Å². The zero-order valence-corrected chi connectivity index (χ0v) is 38.4. The minimum absolute atomic E-state index is 0.0182. The number of nitrogens with one attached hydrogen (secondary N) is 5. The van der Waals surface area contributed by atoms with Crippen LogP contribution in [-0.2, 0) is 49.5 Å². The maximum Gasteiger partial charge on any atom is 0.329 e. The van der Waals surface area contributed by atoms with E-state index in [1.807, 2.05) is 34.6 Å². The number of aliphatic hydroxyl groups is 1. The summed E-state index contributed by atoms with van der Waals surface area (Å²) in [6.45, 7) is 17.4. The highest BCUT2D eigenvalue weighted by Crippen LogP contribution is 2.26. The van der Waals surface area contributed by atoms with Gasteiger partial charge in [0.15, 0.2) is 0 Å². The molecule has 2 heterocycles. The summed E-state index contributed by atoms with van der Waals surface area (Å²) in [5.74, 6) is -6.97. The van der Waals surface area contributed by atoms with E-state index in [1.54, 1.807) is 58.0 Å². The molecule has 9 atom stereocenters. The van der Waals surface area contributed by atoms with Gasteiger partial charge in [0.1, 0.15) is 54.6 Å². The predicted octanol–water partition coefficient (Wildman–Crippen LogP) is 1.94. The van der Waals surface area contributed by atoms with Crippen molar-refractivity contribution in [1.29, 1.82) is 0 Å². The summed E-state index contributed by atoms with van der Waals surface area (Å²) in [6.07, 6.45) is -1.78. The van der Waals surface area contributed by atoms with E-state index in [1.165, 1.54) is 18.9 Å². The first-order valence-electron chi connectivity index (χ1n) is 22.1. The fraction of sp³-hybridized carbons (Fsp3) is 0.689. The molecule has 1 aromatic carbocycles. The first-order chi connectivity index (χ1) is 29.1. The Bertz CT molecular complexity index is 1740. The molecule has 2 saturated heterocycles. The first kappa shape index (κ1) is 51.3. The zero-order chi connectivity index (χ0) is 46.6. The van der Waals surface area contributed by atoms with Gasteiger partial charge < -0.3 is 46.2 Å². The van der Waals surface area contributed by atoms with Crippen LogP contribution in [0.4, 0.5) is 0 Å². The van der Waals surface area contributed by atoms with E-state index in [4.69, 9.17) is 4.74 Å². The van der Waals surface area contributed by atoms with Gasteiger partial charge in [-0.05, 0) is 68.3 Å². The summed E-state index contributed by atoms with van der Waals surface area (Å²) in [5.41, 5.74) is 0.700. The number of aliphatic hydroxyl groups excluding tert-OH is 1. The van der Waals surface area contributed by atoms with Crippen molar-refractivity contribution in [3.05, 3.63) is 35.9 Å². The van der Waals surface area contributed by atoms with Gasteiger partial charge >= 0.3 is 5.97 Å². The third-order valence-corrected chi connectivity index (χ3v) is 11.3. The van der Waals surface area contributed by atoms with Gasteiger partial charge in [-0.2, -0.15) is 0 Å². The van der Waals surface area contributed by atoms with E-state index in [2.05, 4.69) is 26.6 Å². The van der Waals surface area contributed by atoms with Crippen LogP contribution in [0.25, 0.3) is 0 Å². The monoisotopic (exact) mass is 870 g/mol. The van der Waals surface area contributed by atoms with E-state index in [-0.39, 0.29) is 56.3 Å². The number of ether oxygens (including phenoxy) is 1. The lowest BCUT2D eigenvalue weighted by molar-refractivity contribution is -0.166. The van der Waals surface area contributed by atoms with Crippen molar-refractivity contribution in [2.75, 3.05) is 7.05 Å². The minimum atomic E-state index is -1.60. The highest BCUT2D eigenvalue weighted by Gasteiger charge is 2.46. The van der Waals surface area contributed by atoms with Crippen LogP contribution < -0.4 is 26.6 Å². The predicted molar refractivity (Wildman–Crippen MR) is 231 cm³/mol. The molecule has 62 heavy (non-hydrogen) atoms. The molecule has 2 aliphatic heterocycles. The lowest BCUT2D eigenvalue weighted by Crippen LogP contribution is -2.65. The molecule has 3 rings (SSSR count). The Hall–Kier alpha value is -5.06. The van der Waals surface area contributed by atoms with Crippen LogP contribution in [0, 0.1) is 23.7 Å². The van der Waals surface area contributed by atoms with Gasteiger partial charge in [0.05, 0.1) is 0 Å². The Morgan fingerprint density at radius 1 is 0.823 bits per heavy atom. The number of carbonyl (C=O) groups excluding carboxylic acids is 8. The number of nitrogens with zero attached hydrogens (tertiary/aromatic N) is 2. The molecule has 0 aromatic heterocycles. The molecule has 0 unspecified atom stereocenters. The molecule has 2 aliphatic rings. The smallest absolute Gasteiger partial charge is 0.329 e. The fourth-order valence-electron chi connectivity index (χ4n) is 7.77. The van der Waals surface area contributed by atoms with Crippen LogP contribution in [0.3, 0.4) is 0 Å². The minimum Gasteiger partial charge on any atom is -0.458 e. The molecule has 0 radical (unpaired) electrons. The maximum atomic E-state index is 14.7. The number of amides is 7. The van der Waals surface area contributed by atoms with Crippen molar-refractivity contribution in [2.45, 2.75) is 169 Å². The summed E-state index contributed by atoms with van der Waals surface area (Å²) >= 11 is 0. The second-order valence-corrected chi connectivity index (χ2v) is 18.3. The molecule has 6 N–H and O–H groups in total. The number of hydrogen-bond acceptors (Lipinski definition) is 10. The second kappa shape index (κ2) is 23.4. The number of hydrogen-bond donors (Lipinski definition) is 6. The summed E-state index contributed by atoms with van der Waals surface area (Å²) in [6, 6.07) is 0.0947. The fourth-order valence-corrected chi connectivity index (χ4v) is 7.77. The molecule has 1 aromatic rings. The van der Waals surface area contributed by atoms with Crippen LogP contribution in [-0.4, -0.2) is 124 Å². The molecule has 2 fully saturated rings. The van der Waals surface area contributed by atoms with E-state index >= 15 is 0 Å². The van der Waals surface area contributed by atoms with Crippen LogP contribution in [0.5, 0.6) is 0 Å². The number of esters is 1. The van der Waals surface area contributed by atoms with Gasteiger partial charge in [0.2, 0.25) is 41.4 Å². The standard InChI is InChI=1S/C45H71N7O10/c1-12-16-34(53)48-36(26(6)7)41(57)50-38-28(10)62-45(61)37(27(8)9)49-40(56)32(23-29-17-14-13-15-18-29)51(11)44(60)33(22-25(4)5)52-35(54)20-19-30(43(52)59)46-39(55)31(21-24(2)3)47-42(38)58/h13-15,17-18,24-28,30-33,35-38,54H,12,16,19-23H2,1-11H3,(H,46,55)(H,47,58)(H,48,53)(H,49,56)(H,50,57)/t28-,30+,31+,32+,33+,35-,36+,37+,38+/m1/s1. The van der Waals surface area contributed by atoms with E-state index in [9.17, 15) is 43.5 Å². The topological polar surface area (TPSA) is 233 Å². The lowest BCUT2D eigenvalue weighted by atomic mass is 9.94. The molecule has 7 amide bonds. The Balaban J connectivity index is 2.22. The number of rotatable bonds is 13. The number of piperidine rings is 1. The Morgan fingerprint density at radius 3 is 2.02 bits per heavy atom. The average molecular weight is 870 g/mol. The third kappa shape index (κ3) is 14.0. The molecule has 346 valence electrons. The molecule has 0 saturated carbocycles. The number of benzene rings is 1. The highest BCUT2D eigenvalue weighted by molar-refractivity contribution is 5.98. The summed E-state index contributed by atoms with van der Waals surface area (Å²) in [5, 5.41) is 25.0. The van der Waals surface area contributed by atoms with E-state index in [0.29, 0.717) is 12.0 Å². The highest BCUT2D eigenvalue weighted by atomic mass is 16.5. The second-order valence-electron chi connectivity index (χ2n) is 18.3. The van der Waals surface area contributed by atoms with E-state index in [0.717, 1.165) is 4.90 Å². The summed E-state index contributed by atoms with van der Waals surface area (Å²) < 4.78 is 5.89. The molecule has 0 spiro atoms. The summed E-state index contributed by atoms with van der Waals surface area (Å²) in [7, 11) is 1.44. The number of carbonyl (C=O) groups is 8. The Labute approximate surface area is 366 Å². The van der Waals surface area contributed by atoms with Crippen molar-refractivity contribution in [3.8, 4) is 0 Å². The van der Waals surface area contributed by atoms with Gasteiger partial charge in [-0.1, -0.05) is 92.6 Å². The normalized spacial score (nSPS) is 26.6. The van der Waals surface area contributed by atoms with Crippen LogP contribution in [0.15, 0.2) is 30.3 Å². The summed E-state index contributed by atoms with van der Waals surface area (Å²) in [4.78, 5) is 115. The van der Waals surface area contributed by atoms with Crippen LogP contribution in [0.2, 0.25) is 0 Å². The molecular weight excluding hydrogens is 799 g/mol. The number of likely N-dealkylation sites (N-methyl/N-ethyl adjacent to an activating group) is 1. The van der Waals surface area contributed by atoms with Crippen molar-refractivity contribution in [2.24, 2.45) is 23.7 Å². The van der Waals surface area contributed by atoms with Gasteiger partial charge in [-0.3, -0.25) is 33.6 Å². The maximum absolute atomic E-state index is 14.7. The zero-order valence-electron chi connectivity index (χ0n) is 38.4. The third-order valence-electron chi connectivity index (χ3n) is 11.3.